The second-order valence-corrected chi connectivity index (χ2v) is 7.12. The summed E-state index contributed by atoms with van der Waals surface area (Å²) in [5.74, 6) is -1.90. The van der Waals surface area contributed by atoms with Crippen molar-refractivity contribution < 1.29 is 19.1 Å². The van der Waals surface area contributed by atoms with Crippen molar-refractivity contribution >= 4 is 22.8 Å². The Kier molecular flexibility index (Phi) is 4.77. The summed E-state index contributed by atoms with van der Waals surface area (Å²) < 4.78 is 13.6. The van der Waals surface area contributed by atoms with E-state index in [1.165, 1.54) is 12.1 Å². The third-order valence-corrected chi connectivity index (χ3v) is 5.18. The number of pyridine rings is 1. The predicted octanol–water partition coefficient (Wildman–Crippen LogP) is 3.78. The van der Waals surface area contributed by atoms with Gasteiger partial charge in [-0.25, -0.2) is 14.2 Å². The molecular formula is C22H19FN2O3. The van der Waals surface area contributed by atoms with Gasteiger partial charge in [0.1, 0.15) is 11.5 Å². The third-order valence-electron chi connectivity index (χ3n) is 5.18. The van der Waals surface area contributed by atoms with E-state index in [0.717, 1.165) is 22.9 Å². The Hall–Kier alpha value is -3.28. The van der Waals surface area contributed by atoms with E-state index in [-0.39, 0.29) is 17.4 Å². The molecule has 142 valence electrons. The number of nitrogens with zero attached hydrogens (tertiary/aromatic N) is 2. The Bertz CT molecular complexity index is 1070. The van der Waals surface area contributed by atoms with Crippen molar-refractivity contribution in [3.63, 3.8) is 0 Å². The molecule has 6 heteroatoms. The van der Waals surface area contributed by atoms with Crippen LogP contribution in [-0.4, -0.2) is 40.0 Å². The van der Waals surface area contributed by atoms with Crippen LogP contribution in [0.3, 0.4) is 0 Å². The molecule has 1 aliphatic rings. The first-order valence-corrected chi connectivity index (χ1v) is 9.18. The standard InChI is InChI=1S/C22H19FN2O3/c23-18-7-5-14(12-17(18)22(27)28)11-15-9-10-25(13-15)21(26)20-8-6-16-3-1-2-4-19(16)24-20/h1-8,12,15H,9-11,13H2,(H,27,28). The minimum absolute atomic E-state index is 0.0985. The molecule has 4 rings (SSSR count). The lowest BCUT2D eigenvalue weighted by molar-refractivity contribution is 0.0691. The number of hydrogen-bond acceptors (Lipinski definition) is 3. The van der Waals surface area contributed by atoms with Crippen LogP contribution in [0, 0.1) is 11.7 Å². The summed E-state index contributed by atoms with van der Waals surface area (Å²) in [6, 6.07) is 15.5. The third kappa shape index (κ3) is 3.58. The van der Waals surface area contributed by atoms with Gasteiger partial charge in [-0.1, -0.05) is 30.3 Å². The van der Waals surface area contributed by atoms with Gasteiger partial charge in [-0.3, -0.25) is 4.79 Å². The smallest absolute Gasteiger partial charge is 0.338 e. The number of benzene rings is 2. The summed E-state index contributed by atoms with van der Waals surface area (Å²) in [5, 5.41) is 10.1. The highest BCUT2D eigenvalue weighted by atomic mass is 19.1. The number of rotatable bonds is 4. The number of amides is 1. The van der Waals surface area contributed by atoms with Gasteiger partial charge in [-0.05, 0) is 48.6 Å². The molecule has 3 aromatic rings. The van der Waals surface area contributed by atoms with Crippen molar-refractivity contribution in [3.05, 3.63) is 77.2 Å². The summed E-state index contributed by atoms with van der Waals surface area (Å²) in [6.07, 6.45) is 1.43. The number of halogens is 1. The lowest BCUT2D eigenvalue weighted by Gasteiger charge is -2.16. The molecule has 0 bridgehead atoms. The van der Waals surface area contributed by atoms with E-state index in [4.69, 9.17) is 5.11 Å². The summed E-state index contributed by atoms with van der Waals surface area (Å²) in [5.41, 5.74) is 1.66. The van der Waals surface area contributed by atoms with Crippen LogP contribution >= 0.6 is 0 Å². The van der Waals surface area contributed by atoms with E-state index in [1.807, 2.05) is 30.3 Å². The van der Waals surface area contributed by atoms with Gasteiger partial charge in [0.15, 0.2) is 0 Å². The van der Waals surface area contributed by atoms with Crippen molar-refractivity contribution in [2.75, 3.05) is 13.1 Å². The average Bonchev–Trinajstić information content (AvgIpc) is 3.16. The molecule has 5 nitrogen and oxygen atoms in total. The largest absolute Gasteiger partial charge is 0.478 e. The molecule has 1 amide bonds. The fraction of sp³-hybridized carbons (Fsp3) is 0.227. The first-order valence-electron chi connectivity index (χ1n) is 9.18. The van der Waals surface area contributed by atoms with E-state index in [1.54, 1.807) is 17.0 Å². The molecule has 0 aliphatic carbocycles. The monoisotopic (exact) mass is 378 g/mol. The van der Waals surface area contributed by atoms with Gasteiger partial charge in [0.25, 0.3) is 5.91 Å². The number of carboxylic acids is 1. The van der Waals surface area contributed by atoms with Crippen LogP contribution in [0.25, 0.3) is 10.9 Å². The van der Waals surface area contributed by atoms with E-state index >= 15 is 0 Å². The molecular weight excluding hydrogens is 359 g/mol. The van der Waals surface area contributed by atoms with Crippen LogP contribution in [0.15, 0.2) is 54.6 Å². The molecule has 0 spiro atoms. The molecule has 2 heterocycles. The second kappa shape index (κ2) is 7.38. The highest BCUT2D eigenvalue weighted by Crippen LogP contribution is 2.24. The molecule has 0 radical (unpaired) electrons. The van der Waals surface area contributed by atoms with Crippen LogP contribution in [0.5, 0.6) is 0 Å². The topological polar surface area (TPSA) is 70.5 Å². The number of hydrogen-bond donors (Lipinski definition) is 1. The number of carboxylic acid groups (broad SMARTS) is 1. The van der Waals surface area contributed by atoms with Crippen molar-refractivity contribution in [3.8, 4) is 0 Å². The maximum atomic E-state index is 13.6. The molecule has 1 aliphatic heterocycles. The van der Waals surface area contributed by atoms with Crippen molar-refractivity contribution in [2.45, 2.75) is 12.8 Å². The average molecular weight is 378 g/mol. The van der Waals surface area contributed by atoms with Crippen LogP contribution in [-0.2, 0) is 6.42 Å². The van der Waals surface area contributed by atoms with Crippen molar-refractivity contribution in [1.29, 1.82) is 0 Å². The Morgan fingerprint density at radius 2 is 1.96 bits per heavy atom. The van der Waals surface area contributed by atoms with Gasteiger partial charge in [0.2, 0.25) is 0 Å². The van der Waals surface area contributed by atoms with Gasteiger partial charge in [0.05, 0.1) is 11.1 Å². The summed E-state index contributed by atoms with van der Waals surface area (Å²) in [4.78, 5) is 30.2. The molecule has 1 saturated heterocycles. The Morgan fingerprint density at radius 1 is 1.14 bits per heavy atom. The molecule has 28 heavy (non-hydrogen) atoms. The number of fused-ring (bicyclic) bond motifs is 1. The van der Waals surface area contributed by atoms with E-state index in [0.29, 0.717) is 25.2 Å². The van der Waals surface area contributed by atoms with Gasteiger partial charge in [0, 0.05) is 18.5 Å². The minimum Gasteiger partial charge on any atom is -0.478 e. The molecule has 1 aromatic heterocycles. The quantitative estimate of drug-likeness (QED) is 0.750. The van der Waals surface area contributed by atoms with Crippen molar-refractivity contribution in [1.82, 2.24) is 9.88 Å². The minimum atomic E-state index is -1.27. The van der Waals surface area contributed by atoms with Crippen LogP contribution in [0.4, 0.5) is 4.39 Å². The second-order valence-electron chi connectivity index (χ2n) is 7.12. The Morgan fingerprint density at radius 3 is 2.79 bits per heavy atom. The zero-order valence-electron chi connectivity index (χ0n) is 15.1. The van der Waals surface area contributed by atoms with Crippen molar-refractivity contribution in [2.24, 2.45) is 5.92 Å². The summed E-state index contributed by atoms with van der Waals surface area (Å²) in [6.45, 7) is 1.21. The molecule has 0 saturated carbocycles. The number of aromatic carboxylic acids is 1. The van der Waals surface area contributed by atoms with E-state index in [9.17, 15) is 14.0 Å². The lowest BCUT2D eigenvalue weighted by Crippen LogP contribution is -2.29. The van der Waals surface area contributed by atoms with Crippen LogP contribution < -0.4 is 0 Å². The first-order chi connectivity index (χ1) is 13.5. The fourth-order valence-electron chi connectivity index (χ4n) is 3.73. The molecule has 1 N–H and O–H groups in total. The number of carbonyl (C=O) groups excluding carboxylic acids is 1. The SMILES string of the molecule is O=C(O)c1cc(CC2CCN(C(=O)c3ccc4ccccc4n3)C2)ccc1F. The summed E-state index contributed by atoms with van der Waals surface area (Å²) >= 11 is 0. The number of carbonyl (C=O) groups is 2. The summed E-state index contributed by atoms with van der Waals surface area (Å²) in [7, 11) is 0. The van der Waals surface area contributed by atoms with Crippen LogP contribution in [0.2, 0.25) is 0 Å². The van der Waals surface area contributed by atoms with Gasteiger partial charge in [-0.2, -0.15) is 0 Å². The zero-order valence-corrected chi connectivity index (χ0v) is 15.1. The van der Waals surface area contributed by atoms with Gasteiger partial charge >= 0.3 is 5.97 Å². The highest BCUT2D eigenvalue weighted by Gasteiger charge is 2.28. The molecule has 2 aromatic carbocycles. The van der Waals surface area contributed by atoms with E-state index < -0.39 is 11.8 Å². The normalized spacial score (nSPS) is 16.5. The van der Waals surface area contributed by atoms with Gasteiger partial charge < -0.3 is 10.0 Å². The maximum absolute atomic E-state index is 13.6. The van der Waals surface area contributed by atoms with E-state index in [2.05, 4.69) is 4.98 Å². The van der Waals surface area contributed by atoms with Crippen LogP contribution in [0.1, 0.15) is 32.8 Å². The molecule has 1 fully saturated rings. The number of para-hydroxylation sites is 1. The molecule has 1 atom stereocenters. The highest BCUT2D eigenvalue weighted by molar-refractivity contribution is 5.95. The lowest BCUT2D eigenvalue weighted by atomic mass is 9.97. The maximum Gasteiger partial charge on any atom is 0.338 e. The molecule has 1 unspecified atom stereocenters. The fourth-order valence-corrected chi connectivity index (χ4v) is 3.73. The predicted molar refractivity (Wildman–Crippen MR) is 103 cm³/mol. The number of aromatic nitrogens is 1. The first kappa shape index (κ1) is 18.1. The Labute approximate surface area is 161 Å². The zero-order chi connectivity index (χ0) is 19.7. The Balaban J connectivity index is 1.45. The number of likely N-dealkylation sites (tertiary alicyclic amines) is 1. The van der Waals surface area contributed by atoms with Gasteiger partial charge in [-0.15, -0.1) is 0 Å².